The van der Waals surface area contributed by atoms with Gasteiger partial charge >= 0.3 is 0 Å². The first-order valence-corrected chi connectivity index (χ1v) is 28.9. The molecule has 3 aromatic carbocycles. The van der Waals surface area contributed by atoms with Gasteiger partial charge in [-0.2, -0.15) is 0 Å². The van der Waals surface area contributed by atoms with Crippen molar-refractivity contribution in [2.24, 2.45) is 0 Å². The van der Waals surface area contributed by atoms with Gasteiger partial charge in [0.05, 0.1) is 54.4 Å². The molecule has 0 radical (unpaired) electrons. The predicted octanol–water partition coefficient (Wildman–Crippen LogP) is 10.7. The predicted molar refractivity (Wildman–Crippen MR) is 322 cm³/mol. The Balaban J connectivity index is 0.000000116. The summed E-state index contributed by atoms with van der Waals surface area (Å²) < 4.78 is 65.6. The van der Waals surface area contributed by atoms with Crippen LogP contribution in [0.3, 0.4) is 0 Å². The highest BCUT2D eigenvalue weighted by Gasteiger charge is 2.27. The SMILES string of the molecule is Cc1cn2c(NCc3c(F)ccc4c3CCO4)ncc(-c3cnc(C)nc3)c2n1.Cc1cn2c(NCc3c(F)ccc4c3CCO4)ncc(-c3cnc(C4CC4)nc3)c2n1.Cc1cn2c(NCc3c(F)ccc4c3CCO4)ncc(-c3cnccn3)c2n1. The van der Waals surface area contributed by atoms with Crippen LogP contribution < -0.4 is 30.2 Å². The molecule has 24 heteroatoms. The Morgan fingerprint density at radius 3 is 1.25 bits per heavy atom. The first kappa shape index (κ1) is 55.2. The number of aryl methyl sites for hydroxylation is 4. The number of hydrogen-bond acceptors (Lipinski definition) is 18. The largest absolute Gasteiger partial charge is 0.493 e. The third-order valence-corrected chi connectivity index (χ3v) is 15.8. The van der Waals surface area contributed by atoms with E-state index < -0.39 is 0 Å². The Labute approximate surface area is 501 Å². The third kappa shape index (κ3) is 10.9. The van der Waals surface area contributed by atoms with Crippen LogP contribution in [0.25, 0.3) is 50.5 Å². The van der Waals surface area contributed by atoms with Gasteiger partial charge in [0.2, 0.25) is 17.8 Å². The van der Waals surface area contributed by atoms with E-state index in [4.69, 9.17) is 14.2 Å². The average Bonchev–Trinajstić information content (AvgIpc) is 3.48. The number of rotatable bonds is 13. The number of fused-ring (bicyclic) bond motifs is 6. The van der Waals surface area contributed by atoms with Gasteiger partial charge in [0, 0.05) is 175 Å². The number of nitrogens with one attached hydrogen (secondary N) is 3. The Morgan fingerprint density at radius 2 is 0.852 bits per heavy atom. The maximum atomic E-state index is 14.5. The van der Waals surface area contributed by atoms with Crippen molar-refractivity contribution in [3.05, 3.63) is 197 Å². The van der Waals surface area contributed by atoms with Crippen LogP contribution in [0.2, 0.25) is 0 Å². The molecule has 21 nitrogen and oxygen atoms in total. The lowest BCUT2D eigenvalue weighted by Crippen LogP contribution is -2.09. The minimum atomic E-state index is -0.244. The molecule has 88 heavy (non-hydrogen) atoms. The number of imidazole rings is 3. The average molecular weight is 1180 g/mol. The van der Waals surface area contributed by atoms with E-state index in [-0.39, 0.29) is 17.5 Å². The van der Waals surface area contributed by atoms with Crippen LogP contribution in [0, 0.1) is 45.1 Å². The molecule has 0 atom stereocenters. The summed E-state index contributed by atoms with van der Waals surface area (Å²) in [5.74, 6) is 5.46. The number of aromatic nitrogens is 15. The normalized spacial score (nSPS) is 13.6. The van der Waals surface area contributed by atoms with Gasteiger partial charge < -0.3 is 30.2 Å². The van der Waals surface area contributed by atoms with Gasteiger partial charge in [-0.05, 0) is 76.9 Å². The monoisotopic (exact) mass is 1180 g/mol. The number of anilines is 3. The fourth-order valence-corrected chi connectivity index (χ4v) is 11.3. The molecule has 1 aliphatic carbocycles. The van der Waals surface area contributed by atoms with E-state index in [1.807, 2.05) is 71.9 Å². The molecule has 12 heterocycles. The van der Waals surface area contributed by atoms with Crippen LogP contribution in [0.15, 0.2) is 117 Å². The lowest BCUT2D eigenvalue weighted by Gasteiger charge is -2.13. The van der Waals surface area contributed by atoms with E-state index in [2.05, 4.69) is 75.8 Å². The Bertz CT molecular complexity index is 4610. The quantitative estimate of drug-likeness (QED) is 0.0974. The fourth-order valence-electron chi connectivity index (χ4n) is 11.3. The van der Waals surface area contributed by atoms with Gasteiger partial charge in [0.25, 0.3) is 0 Å². The van der Waals surface area contributed by atoms with Crippen LogP contribution in [0.4, 0.5) is 31.0 Å². The summed E-state index contributed by atoms with van der Waals surface area (Å²) in [6.45, 7) is 10.3. The standard InChI is InChI=1S/C23H21FN6O.C21H19FN6O.C20H17FN6O/c1-13-12-30-22(29-13)17(15-8-25-21(26-9-15)14-2-3-14)10-27-23(30)28-11-18-16-6-7-31-20(16)5-4-19(18)24;1-12-11-28-20(27-12)16(14-7-23-13(2)24-8-14)9-25-21(28)26-10-17-15-5-6-29-19(15)4-3-18(17)22;1-12-11-27-19(26-12)15(17-10-22-5-6-23-17)9-25-20(27)24-8-14-13-4-7-28-18(13)3-2-16(14)21/h4-5,8-10,12,14H,2-3,6-7,11H2,1H3,(H,27,28);3-4,7-9,11H,5-6,10H2,1-2H3,(H,25,26);2-3,5-6,9-11H,4,7-8H2,1H3,(H,24,25). The summed E-state index contributed by atoms with van der Waals surface area (Å²) in [5.41, 5.74) is 14.3. The molecule has 0 spiro atoms. The summed E-state index contributed by atoms with van der Waals surface area (Å²) in [6.07, 6.45) is 27.6. The van der Waals surface area contributed by atoms with Gasteiger partial charge in [-0.15, -0.1) is 0 Å². The molecule has 3 N–H and O–H groups in total. The van der Waals surface area contributed by atoms with Crippen molar-refractivity contribution in [3.63, 3.8) is 0 Å². The highest BCUT2D eigenvalue weighted by molar-refractivity contribution is 5.79. The van der Waals surface area contributed by atoms with Gasteiger partial charge in [0.1, 0.15) is 57.6 Å². The summed E-state index contributed by atoms with van der Waals surface area (Å²) >= 11 is 0. The van der Waals surface area contributed by atoms with Crippen molar-refractivity contribution >= 4 is 34.8 Å². The molecular weight excluding hydrogens is 1130 g/mol. The van der Waals surface area contributed by atoms with E-state index in [1.54, 1.807) is 67.8 Å². The molecule has 16 rings (SSSR count). The molecule has 4 aliphatic rings. The van der Waals surface area contributed by atoms with Crippen molar-refractivity contribution in [3.8, 4) is 50.8 Å². The van der Waals surface area contributed by atoms with Gasteiger partial charge in [0.15, 0.2) is 5.65 Å². The molecule has 9 aromatic heterocycles. The molecule has 1 fully saturated rings. The number of benzene rings is 3. The van der Waals surface area contributed by atoms with Crippen LogP contribution in [-0.4, -0.2) is 92.8 Å². The molecule has 0 bridgehead atoms. The topological polar surface area (TPSA) is 232 Å². The smallest absolute Gasteiger partial charge is 0.208 e. The minimum Gasteiger partial charge on any atom is -0.493 e. The van der Waals surface area contributed by atoms with E-state index in [0.29, 0.717) is 111 Å². The van der Waals surface area contributed by atoms with Crippen LogP contribution in [0.1, 0.15) is 80.9 Å². The Hall–Kier alpha value is -10.7. The lowest BCUT2D eigenvalue weighted by atomic mass is 10.0. The van der Waals surface area contributed by atoms with Crippen LogP contribution >= 0.6 is 0 Å². The second-order valence-electron chi connectivity index (χ2n) is 21.8. The summed E-state index contributed by atoms with van der Waals surface area (Å²) in [5, 5.41) is 9.79. The number of nitrogens with zero attached hydrogens (tertiary/aromatic N) is 15. The maximum Gasteiger partial charge on any atom is 0.208 e. The van der Waals surface area contributed by atoms with Crippen molar-refractivity contribution < 1.29 is 27.4 Å². The van der Waals surface area contributed by atoms with Crippen LogP contribution in [0.5, 0.6) is 17.2 Å². The highest BCUT2D eigenvalue weighted by atomic mass is 19.1. The third-order valence-electron chi connectivity index (χ3n) is 15.8. The van der Waals surface area contributed by atoms with Gasteiger partial charge in [-0.25, -0.2) is 63.0 Å². The van der Waals surface area contributed by atoms with E-state index in [9.17, 15) is 13.2 Å². The van der Waals surface area contributed by atoms with Crippen molar-refractivity contribution in [2.75, 3.05) is 35.8 Å². The summed E-state index contributed by atoms with van der Waals surface area (Å²) in [7, 11) is 0. The Kier molecular flexibility index (Phi) is 14.6. The zero-order valence-corrected chi connectivity index (χ0v) is 48.4. The first-order valence-electron chi connectivity index (χ1n) is 28.9. The molecule has 0 amide bonds. The molecule has 1 saturated carbocycles. The van der Waals surface area contributed by atoms with E-state index in [1.165, 1.54) is 31.0 Å². The molecule has 442 valence electrons. The Morgan fingerprint density at radius 1 is 0.455 bits per heavy atom. The zero-order valence-electron chi connectivity index (χ0n) is 48.4. The molecule has 3 aliphatic heterocycles. The lowest BCUT2D eigenvalue weighted by molar-refractivity contribution is 0.356. The summed E-state index contributed by atoms with van der Waals surface area (Å²) in [6, 6.07) is 9.43. The van der Waals surface area contributed by atoms with E-state index in [0.717, 1.165) is 102 Å². The van der Waals surface area contributed by atoms with E-state index >= 15 is 0 Å². The molecular formula is C64H57F3N18O3. The van der Waals surface area contributed by atoms with Crippen molar-refractivity contribution in [1.82, 2.24) is 73.0 Å². The minimum absolute atomic E-state index is 0.237. The highest BCUT2D eigenvalue weighted by Crippen LogP contribution is 2.39. The number of ether oxygens (including phenoxy) is 3. The molecule has 0 unspecified atom stereocenters. The molecule has 12 aromatic rings. The second-order valence-corrected chi connectivity index (χ2v) is 21.8. The summed E-state index contributed by atoms with van der Waals surface area (Å²) in [4.78, 5) is 53.7. The van der Waals surface area contributed by atoms with Crippen molar-refractivity contribution in [2.45, 2.75) is 85.4 Å². The number of halogens is 3. The second kappa shape index (κ2) is 23.3. The zero-order chi connectivity index (χ0) is 60.0. The molecule has 0 saturated heterocycles. The number of hydrogen-bond donors (Lipinski definition) is 3. The van der Waals surface area contributed by atoms with Gasteiger partial charge in [-0.1, -0.05) is 0 Å². The van der Waals surface area contributed by atoms with Crippen molar-refractivity contribution in [1.29, 1.82) is 0 Å². The van der Waals surface area contributed by atoms with Crippen LogP contribution in [-0.2, 0) is 38.9 Å². The van der Waals surface area contributed by atoms with Gasteiger partial charge in [-0.3, -0.25) is 23.2 Å². The maximum absolute atomic E-state index is 14.5. The fraction of sp³-hybridized carbons (Fsp3) is 0.250. The first-order chi connectivity index (χ1) is 43.0.